The maximum Gasteiger partial charge on any atom is 0.258 e. The largest absolute Gasteiger partial charge is 0.303 e. The molecule has 0 radical (unpaired) electrons. The molecular formula is C28H34Cl2N8O. The lowest BCUT2D eigenvalue weighted by molar-refractivity contribution is 0.102. The highest BCUT2D eigenvalue weighted by Crippen LogP contribution is 2.37. The summed E-state index contributed by atoms with van der Waals surface area (Å²) < 4.78 is 2.13. The van der Waals surface area contributed by atoms with Crippen molar-refractivity contribution in [3.05, 3.63) is 75.1 Å². The highest BCUT2D eigenvalue weighted by Gasteiger charge is 2.28. The Hall–Kier alpha value is -3.01. The number of halogens is 2. The minimum Gasteiger partial charge on any atom is -0.303 e. The number of aromatic nitrogens is 6. The van der Waals surface area contributed by atoms with Gasteiger partial charge in [-0.3, -0.25) is 14.8 Å². The van der Waals surface area contributed by atoms with E-state index in [-0.39, 0.29) is 23.2 Å². The summed E-state index contributed by atoms with van der Waals surface area (Å²) in [6.45, 7) is 10.8. The Morgan fingerprint density at radius 2 is 1.90 bits per heavy atom. The van der Waals surface area contributed by atoms with Crippen LogP contribution < -0.4 is 5.32 Å². The zero-order valence-electron chi connectivity index (χ0n) is 22.5. The monoisotopic (exact) mass is 568 g/mol. The third-order valence-corrected chi connectivity index (χ3v) is 7.61. The van der Waals surface area contributed by atoms with Gasteiger partial charge in [-0.25, -0.2) is 5.10 Å². The number of H-pyrrole nitrogens is 1. The van der Waals surface area contributed by atoms with Crippen molar-refractivity contribution in [3.63, 3.8) is 0 Å². The molecule has 11 heteroatoms. The Labute approximate surface area is 238 Å². The van der Waals surface area contributed by atoms with Crippen LogP contribution in [0.3, 0.4) is 0 Å². The van der Waals surface area contributed by atoms with E-state index in [1.165, 1.54) is 5.69 Å². The fourth-order valence-corrected chi connectivity index (χ4v) is 6.00. The van der Waals surface area contributed by atoms with Gasteiger partial charge in [0, 0.05) is 39.7 Å². The number of carbonyl (C=O) groups excluding carboxylic acids is 1. The van der Waals surface area contributed by atoms with Crippen molar-refractivity contribution in [2.45, 2.75) is 58.4 Å². The van der Waals surface area contributed by atoms with Crippen LogP contribution in [-0.2, 0) is 6.54 Å². The van der Waals surface area contributed by atoms with Gasteiger partial charge in [0.1, 0.15) is 0 Å². The number of rotatable bonds is 7. The summed E-state index contributed by atoms with van der Waals surface area (Å²) in [5.74, 6) is 0.401. The first-order valence-electron chi connectivity index (χ1n) is 13.3. The number of hydrogen-bond acceptors (Lipinski definition) is 6. The summed E-state index contributed by atoms with van der Waals surface area (Å²) in [5, 5.41) is 22.3. The van der Waals surface area contributed by atoms with Gasteiger partial charge in [-0.05, 0) is 78.0 Å². The second-order valence-corrected chi connectivity index (χ2v) is 12.5. The van der Waals surface area contributed by atoms with Crippen molar-refractivity contribution in [2.75, 3.05) is 25.0 Å². The Balaban J connectivity index is 1.35. The molecule has 1 amide bonds. The summed E-state index contributed by atoms with van der Waals surface area (Å²) in [7, 11) is 0. The summed E-state index contributed by atoms with van der Waals surface area (Å²) >= 11 is 12.7. The van der Waals surface area contributed by atoms with Gasteiger partial charge < -0.3 is 4.90 Å². The Morgan fingerprint density at radius 1 is 1.15 bits per heavy atom. The van der Waals surface area contributed by atoms with Crippen molar-refractivity contribution < 1.29 is 4.79 Å². The number of likely N-dealkylation sites (tertiary alicyclic amines) is 1. The number of nitrogens with one attached hydrogen (secondary N) is 2. The zero-order valence-corrected chi connectivity index (χ0v) is 24.0. The molecule has 1 aliphatic heterocycles. The first-order valence-corrected chi connectivity index (χ1v) is 14.1. The summed E-state index contributed by atoms with van der Waals surface area (Å²) in [6, 6.07) is 9.77. The molecule has 5 rings (SSSR count). The van der Waals surface area contributed by atoms with Gasteiger partial charge in [-0.15, -0.1) is 0 Å². The molecule has 0 bridgehead atoms. The lowest BCUT2D eigenvalue weighted by Gasteiger charge is -2.36. The number of hydrogen-bond donors (Lipinski definition) is 2. The SMILES string of the molecule is CC(C)(C)CN1CCC(c2cc(C3C=C(Cl)C=C(Cl)C3)nn2Cc2ccc(C(=O)Nc3nnn[nH]3)cc2)CC1. The van der Waals surface area contributed by atoms with Crippen LogP contribution >= 0.6 is 23.2 Å². The van der Waals surface area contributed by atoms with Crippen LogP contribution in [0.1, 0.15) is 79.2 Å². The molecule has 9 nitrogen and oxygen atoms in total. The van der Waals surface area contributed by atoms with E-state index in [2.05, 4.69) is 62.4 Å². The van der Waals surface area contributed by atoms with Gasteiger partial charge in [0.15, 0.2) is 0 Å². The topological polar surface area (TPSA) is 105 Å². The van der Waals surface area contributed by atoms with Crippen LogP contribution in [0, 0.1) is 5.41 Å². The number of nitrogens with zero attached hydrogens (tertiary/aromatic N) is 6. The van der Waals surface area contributed by atoms with E-state index in [0.29, 0.717) is 29.5 Å². The lowest BCUT2D eigenvalue weighted by atomic mass is 9.89. The quantitative estimate of drug-likeness (QED) is 0.381. The smallest absolute Gasteiger partial charge is 0.258 e. The number of allylic oxidation sites excluding steroid dienone is 4. The van der Waals surface area contributed by atoms with Crippen molar-refractivity contribution in [1.82, 2.24) is 35.3 Å². The van der Waals surface area contributed by atoms with E-state index in [4.69, 9.17) is 28.3 Å². The Kier molecular flexibility index (Phi) is 8.21. The molecule has 39 heavy (non-hydrogen) atoms. The minimum atomic E-state index is -0.282. The van der Waals surface area contributed by atoms with Gasteiger partial charge in [0.25, 0.3) is 5.91 Å². The summed E-state index contributed by atoms with van der Waals surface area (Å²) in [6.07, 6.45) is 6.73. The second kappa shape index (κ2) is 11.6. The number of piperidine rings is 1. The van der Waals surface area contributed by atoms with Gasteiger partial charge in [0.2, 0.25) is 5.95 Å². The van der Waals surface area contributed by atoms with E-state index in [1.807, 2.05) is 18.2 Å². The third kappa shape index (κ3) is 7.15. The molecule has 2 aromatic heterocycles. The van der Waals surface area contributed by atoms with Crippen molar-refractivity contribution in [1.29, 1.82) is 0 Å². The summed E-state index contributed by atoms with van der Waals surface area (Å²) in [5.41, 5.74) is 4.10. The van der Waals surface area contributed by atoms with E-state index in [9.17, 15) is 4.79 Å². The van der Waals surface area contributed by atoms with Crippen LogP contribution in [0.5, 0.6) is 0 Å². The lowest BCUT2D eigenvalue weighted by Crippen LogP contribution is -2.38. The fourth-order valence-electron chi connectivity index (χ4n) is 5.38. The first kappa shape index (κ1) is 27.6. The number of carbonyl (C=O) groups is 1. The number of amides is 1. The van der Waals surface area contributed by atoms with Crippen molar-refractivity contribution >= 4 is 35.1 Å². The van der Waals surface area contributed by atoms with Crippen molar-refractivity contribution in [3.8, 4) is 0 Å². The highest BCUT2D eigenvalue weighted by atomic mass is 35.5. The first-order chi connectivity index (χ1) is 18.6. The number of benzene rings is 1. The Bertz CT molecular complexity index is 1350. The van der Waals surface area contributed by atoms with Crippen LogP contribution in [0.2, 0.25) is 0 Å². The average Bonchev–Trinajstić information content (AvgIpc) is 3.54. The van der Waals surface area contributed by atoms with E-state index >= 15 is 0 Å². The molecule has 0 saturated carbocycles. The molecule has 1 saturated heterocycles. The molecule has 1 aromatic carbocycles. The number of tetrazole rings is 1. The summed E-state index contributed by atoms with van der Waals surface area (Å²) in [4.78, 5) is 15.1. The van der Waals surface area contributed by atoms with E-state index in [0.717, 1.165) is 48.8 Å². The van der Waals surface area contributed by atoms with E-state index in [1.54, 1.807) is 18.2 Å². The maximum atomic E-state index is 12.5. The molecular weight excluding hydrogens is 535 g/mol. The van der Waals surface area contributed by atoms with Gasteiger partial charge in [-0.2, -0.15) is 5.10 Å². The average molecular weight is 570 g/mol. The highest BCUT2D eigenvalue weighted by molar-refractivity contribution is 6.35. The molecule has 1 atom stereocenters. The molecule has 3 aromatic rings. The predicted octanol–water partition coefficient (Wildman–Crippen LogP) is 5.66. The number of aromatic amines is 1. The molecule has 2 aliphatic rings. The zero-order chi connectivity index (χ0) is 27.6. The molecule has 0 spiro atoms. The number of anilines is 1. The molecule has 2 N–H and O–H groups in total. The minimum absolute atomic E-state index is 0.0487. The molecule has 3 heterocycles. The molecule has 206 valence electrons. The molecule has 1 aliphatic carbocycles. The predicted molar refractivity (Wildman–Crippen MR) is 153 cm³/mol. The molecule has 1 unspecified atom stereocenters. The van der Waals surface area contributed by atoms with Gasteiger partial charge in [0.05, 0.1) is 12.2 Å². The van der Waals surface area contributed by atoms with Gasteiger partial charge >= 0.3 is 0 Å². The van der Waals surface area contributed by atoms with Crippen molar-refractivity contribution in [2.24, 2.45) is 5.41 Å². The van der Waals surface area contributed by atoms with E-state index < -0.39 is 0 Å². The normalized spacial score (nSPS) is 19.1. The maximum absolute atomic E-state index is 12.5. The second-order valence-electron chi connectivity index (χ2n) is 11.6. The van der Waals surface area contributed by atoms with Gasteiger partial charge in [-0.1, -0.05) is 67.3 Å². The Morgan fingerprint density at radius 3 is 2.54 bits per heavy atom. The molecule has 1 fully saturated rings. The van der Waals surface area contributed by atoms with Crippen LogP contribution in [0.25, 0.3) is 0 Å². The van der Waals surface area contributed by atoms with Crippen LogP contribution in [0.4, 0.5) is 5.95 Å². The van der Waals surface area contributed by atoms with Crippen LogP contribution in [0.15, 0.2) is 52.5 Å². The fraction of sp³-hybridized carbons (Fsp3) is 0.464. The van der Waals surface area contributed by atoms with Crippen LogP contribution in [-0.4, -0.2) is 60.8 Å². The third-order valence-electron chi connectivity index (χ3n) is 7.11. The standard InChI is InChI=1S/C28H34Cl2N8O/c1-28(2,3)17-37-10-8-19(9-11-37)25-15-24(21-12-22(29)14-23(30)13-21)34-38(25)16-18-4-6-20(7-5-18)26(39)31-27-32-35-36-33-27/h4-7,12,14-15,19,21H,8-11,13,16-17H2,1-3H3,(H2,31,32,33,35,36,39).